The maximum absolute atomic E-state index is 12.0. The summed E-state index contributed by atoms with van der Waals surface area (Å²) in [6.07, 6.45) is 1.15. The highest BCUT2D eigenvalue weighted by atomic mass is 32.1. The zero-order valence-corrected chi connectivity index (χ0v) is 13.4. The zero-order chi connectivity index (χ0) is 15.1. The molecule has 1 aliphatic rings. The minimum atomic E-state index is -0.0768. The molecule has 118 valence electrons. The van der Waals surface area contributed by atoms with Gasteiger partial charge in [-0.2, -0.15) is 0 Å². The Bertz CT molecular complexity index is 425. The number of hydrogen-bond acceptors (Lipinski definition) is 6. The van der Waals surface area contributed by atoms with Crippen LogP contribution in [0.15, 0.2) is 10.9 Å². The van der Waals surface area contributed by atoms with E-state index in [1.807, 2.05) is 19.5 Å². The number of nitrogens with one attached hydrogen (secondary N) is 1. The van der Waals surface area contributed by atoms with Crippen LogP contribution in [0.4, 0.5) is 0 Å². The van der Waals surface area contributed by atoms with Crippen LogP contribution in [0.3, 0.4) is 0 Å². The molecule has 6 nitrogen and oxygen atoms in total. The van der Waals surface area contributed by atoms with Gasteiger partial charge in [-0.1, -0.05) is 0 Å². The Morgan fingerprint density at radius 3 is 3.19 bits per heavy atom. The summed E-state index contributed by atoms with van der Waals surface area (Å²) in [6.45, 7) is 2.73. The molecule has 1 aliphatic heterocycles. The Hall–Kier alpha value is -1.02. The molecule has 0 aromatic carbocycles. The third kappa shape index (κ3) is 5.70. The molecule has 1 N–H and O–H groups in total. The van der Waals surface area contributed by atoms with Crippen LogP contribution in [0.25, 0.3) is 0 Å². The number of nitrogens with zero attached hydrogens (tertiary/aromatic N) is 2. The third-order valence-corrected chi connectivity index (χ3v) is 3.97. The third-order valence-electron chi connectivity index (χ3n) is 3.33. The maximum Gasteiger partial charge on any atom is 0.226 e. The molecular weight excluding hydrogens is 290 g/mol. The van der Waals surface area contributed by atoms with Crippen molar-refractivity contribution in [3.8, 4) is 0 Å². The van der Waals surface area contributed by atoms with E-state index in [-0.39, 0.29) is 18.1 Å². The minimum absolute atomic E-state index is 0.0260. The van der Waals surface area contributed by atoms with Gasteiger partial charge >= 0.3 is 0 Å². The fourth-order valence-electron chi connectivity index (χ4n) is 2.19. The molecule has 1 fully saturated rings. The van der Waals surface area contributed by atoms with Crippen molar-refractivity contribution in [1.29, 1.82) is 0 Å². The quantitative estimate of drug-likeness (QED) is 0.796. The highest BCUT2D eigenvalue weighted by Crippen LogP contribution is 2.12. The van der Waals surface area contributed by atoms with Crippen LogP contribution in [-0.2, 0) is 20.7 Å². The molecule has 1 aromatic heterocycles. The van der Waals surface area contributed by atoms with Gasteiger partial charge in [0.1, 0.15) is 0 Å². The molecule has 2 heterocycles. The summed E-state index contributed by atoms with van der Waals surface area (Å²) in [6, 6.07) is -0.0768. The van der Waals surface area contributed by atoms with Gasteiger partial charge in [0.05, 0.1) is 43.0 Å². The summed E-state index contributed by atoms with van der Waals surface area (Å²) >= 11 is 1.50. The van der Waals surface area contributed by atoms with E-state index in [2.05, 4.69) is 15.2 Å². The molecule has 0 radical (unpaired) electrons. The average Bonchev–Trinajstić information content (AvgIpc) is 2.93. The molecule has 21 heavy (non-hydrogen) atoms. The monoisotopic (exact) mass is 313 g/mol. The van der Waals surface area contributed by atoms with E-state index in [0.717, 1.165) is 18.7 Å². The number of likely N-dealkylation sites (N-methyl/N-ethyl adjacent to an activating group) is 1. The molecule has 0 saturated carbocycles. The zero-order valence-electron chi connectivity index (χ0n) is 12.6. The van der Waals surface area contributed by atoms with Crippen LogP contribution in [0.5, 0.6) is 0 Å². The first-order chi connectivity index (χ1) is 10.1. The first-order valence-electron chi connectivity index (χ1n) is 7.15. The predicted octanol–water partition coefficient (Wildman–Crippen LogP) is 0.537. The second-order valence-electron chi connectivity index (χ2n) is 5.41. The highest BCUT2D eigenvalue weighted by molar-refractivity contribution is 7.07. The standard InChI is InChI=1S/C14H23N3O3S/c1-17(2)4-6-20-13-3-5-19-8-12(13)16-14(18)7-11-9-21-10-15-11/h9-10,12-13H,3-8H2,1-2H3,(H,16,18)/t12-,13+/m1/s1. The summed E-state index contributed by atoms with van der Waals surface area (Å²) < 4.78 is 11.3. The summed E-state index contributed by atoms with van der Waals surface area (Å²) in [5.74, 6) is -0.0300. The molecule has 0 unspecified atom stereocenters. The van der Waals surface area contributed by atoms with Crippen LogP contribution < -0.4 is 5.32 Å². The predicted molar refractivity (Wildman–Crippen MR) is 81.5 cm³/mol. The smallest absolute Gasteiger partial charge is 0.226 e. The van der Waals surface area contributed by atoms with Crippen LogP contribution >= 0.6 is 11.3 Å². The molecule has 7 heteroatoms. The molecule has 2 rings (SSSR count). The molecule has 0 aliphatic carbocycles. The second-order valence-corrected chi connectivity index (χ2v) is 6.13. The van der Waals surface area contributed by atoms with Crippen molar-refractivity contribution < 1.29 is 14.3 Å². The lowest BCUT2D eigenvalue weighted by Gasteiger charge is -2.32. The Morgan fingerprint density at radius 2 is 2.48 bits per heavy atom. The summed E-state index contributed by atoms with van der Waals surface area (Å²) in [5.41, 5.74) is 2.54. The van der Waals surface area contributed by atoms with Crippen molar-refractivity contribution in [2.45, 2.75) is 25.0 Å². The largest absolute Gasteiger partial charge is 0.379 e. The SMILES string of the molecule is CN(C)CCO[C@H]1CCOC[C@H]1NC(=O)Cc1cscn1. The van der Waals surface area contributed by atoms with Gasteiger partial charge in [0.25, 0.3) is 0 Å². The number of ether oxygens (including phenoxy) is 2. The van der Waals surface area contributed by atoms with Gasteiger partial charge in [-0.25, -0.2) is 4.98 Å². The van der Waals surface area contributed by atoms with Crippen LogP contribution in [-0.4, -0.2) is 68.4 Å². The van der Waals surface area contributed by atoms with E-state index >= 15 is 0 Å². The van der Waals surface area contributed by atoms with E-state index in [1.165, 1.54) is 11.3 Å². The van der Waals surface area contributed by atoms with Crippen LogP contribution in [0.2, 0.25) is 0 Å². The van der Waals surface area contributed by atoms with E-state index < -0.39 is 0 Å². The first-order valence-corrected chi connectivity index (χ1v) is 8.10. The number of aromatic nitrogens is 1. The van der Waals surface area contributed by atoms with E-state index in [0.29, 0.717) is 26.2 Å². The number of thiazole rings is 1. The van der Waals surface area contributed by atoms with Gasteiger partial charge in [0.2, 0.25) is 5.91 Å². The molecule has 0 bridgehead atoms. The molecule has 1 aromatic rings. The fourth-order valence-corrected chi connectivity index (χ4v) is 2.74. The Balaban J connectivity index is 1.79. The van der Waals surface area contributed by atoms with Gasteiger partial charge in [-0.3, -0.25) is 4.79 Å². The molecular formula is C14H23N3O3S. The van der Waals surface area contributed by atoms with E-state index in [9.17, 15) is 4.79 Å². The first kappa shape index (κ1) is 16.4. The topological polar surface area (TPSA) is 63.7 Å². The van der Waals surface area contributed by atoms with Crippen molar-refractivity contribution in [2.24, 2.45) is 0 Å². The van der Waals surface area contributed by atoms with E-state index in [1.54, 1.807) is 5.51 Å². The van der Waals surface area contributed by atoms with Gasteiger partial charge in [-0.05, 0) is 20.5 Å². The highest BCUT2D eigenvalue weighted by Gasteiger charge is 2.28. The summed E-state index contributed by atoms with van der Waals surface area (Å²) in [5, 5.41) is 4.90. The van der Waals surface area contributed by atoms with Crippen molar-refractivity contribution in [2.75, 3.05) is 40.5 Å². The number of carbonyl (C=O) groups is 1. The van der Waals surface area contributed by atoms with Gasteiger partial charge in [0.15, 0.2) is 0 Å². The van der Waals surface area contributed by atoms with Gasteiger partial charge in [-0.15, -0.1) is 11.3 Å². The van der Waals surface area contributed by atoms with Crippen LogP contribution in [0.1, 0.15) is 12.1 Å². The number of carbonyl (C=O) groups excluding carboxylic acids is 1. The summed E-state index contributed by atoms with van der Waals surface area (Å²) in [7, 11) is 4.03. The fraction of sp³-hybridized carbons (Fsp3) is 0.714. The lowest BCUT2D eigenvalue weighted by atomic mass is 10.1. The lowest BCUT2D eigenvalue weighted by Crippen LogP contribution is -2.51. The second kappa shape index (κ2) is 8.43. The van der Waals surface area contributed by atoms with Crippen molar-refractivity contribution in [3.05, 3.63) is 16.6 Å². The number of rotatable bonds is 7. The maximum atomic E-state index is 12.0. The molecule has 1 saturated heterocycles. The van der Waals surface area contributed by atoms with Gasteiger partial charge < -0.3 is 19.7 Å². The Morgan fingerprint density at radius 1 is 1.62 bits per heavy atom. The number of amides is 1. The van der Waals surface area contributed by atoms with Crippen molar-refractivity contribution in [1.82, 2.24) is 15.2 Å². The summed E-state index contributed by atoms with van der Waals surface area (Å²) in [4.78, 5) is 18.2. The van der Waals surface area contributed by atoms with E-state index in [4.69, 9.17) is 9.47 Å². The van der Waals surface area contributed by atoms with Crippen molar-refractivity contribution in [3.63, 3.8) is 0 Å². The Labute approximate surface area is 129 Å². The molecule has 2 atom stereocenters. The van der Waals surface area contributed by atoms with Crippen LogP contribution in [0, 0.1) is 0 Å². The average molecular weight is 313 g/mol. The normalized spacial score (nSPS) is 22.4. The Kier molecular flexibility index (Phi) is 6.56. The molecule has 1 amide bonds. The minimum Gasteiger partial charge on any atom is -0.379 e. The number of hydrogen-bond donors (Lipinski definition) is 1. The van der Waals surface area contributed by atoms with Crippen molar-refractivity contribution >= 4 is 17.2 Å². The van der Waals surface area contributed by atoms with Gasteiger partial charge in [0, 0.05) is 18.5 Å². The molecule has 0 spiro atoms. The lowest BCUT2D eigenvalue weighted by molar-refractivity contribution is -0.125.